The SMILES string of the molecule is NS(=O)(=O)c1cc(F)cc(C(=O)NC2CC2)c1Br. The van der Waals surface area contributed by atoms with Crippen LogP contribution in [-0.4, -0.2) is 20.4 Å². The van der Waals surface area contributed by atoms with Gasteiger partial charge in [0, 0.05) is 6.04 Å². The van der Waals surface area contributed by atoms with Crippen molar-refractivity contribution in [1.82, 2.24) is 5.32 Å². The topological polar surface area (TPSA) is 89.3 Å². The largest absolute Gasteiger partial charge is 0.349 e. The van der Waals surface area contributed by atoms with E-state index in [-0.39, 0.29) is 16.1 Å². The number of amides is 1. The number of hydrogen-bond donors (Lipinski definition) is 2. The number of carbonyl (C=O) groups excluding carboxylic acids is 1. The van der Waals surface area contributed by atoms with Crippen LogP contribution in [0.15, 0.2) is 21.5 Å². The third-order valence-corrected chi connectivity index (χ3v) is 4.52. The summed E-state index contributed by atoms with van der Waals surface area (Å²) in [6.07, 6.45) is 1.75. The molecule has 1 saturated carbocycles. The molecule has 1 aromatic carbocycles. The van der Waals surface area contributed by atoms with Crippen LogP contribution in [-0.2, 0) is 10.0 Å². The number of hydrogen-bond acceptors (Lipinski definition) is 3. The first-order valence-corrected chi connectivity index (χ1v) is 7.45. The summed E-state index contributed by atoms with van der Waals surface area (Å²) in [7, 11) is -4.09. The molecule has 1 aromatic rings. The molecule has 3 N–H and O–H groups in total. The number of sulfonamides is 1. The highest BCUT2D eigenvalue weighted by molar-refractivity contribution is 9.10. The van der Waals surface area contributed by atoms with Crippen molar-refractivity contribution in [2.75, 3.05) is 0 Å². The molecule has 8 heteroatoms. The van der Waals surface area contributed by atoms with Crippen LogP contribution in [0.4, 0.5) is 4.39 Å². The molecule has 0 spiro atoms. The van der Waals surface area contributed by atoms with Gasteiger partial charge in [0.1, 0.15) is 5.82 Å². The van der Waals surface area contributed by atoms with E-state index in [1.54, 1.807) is 0 Å². The number of nitrogens with one attached hydrogen (secondary N) is 1. The first-order valence-electron chi connectivity index (χ1n) is 5.12. The zero-order valence-electron chi connectivity index (χ0n) is 9.11. The molecule has 0 saturated heterocycles. The van der Waals surface area contributed by atoms with E-state index in [2.05, 4.69) is 21.2 Å². The lowest BCUT2D eigenvalue weighted by atomic mass is 10.2. The third kappa shape index (κ3) is 2.88. The molecule has 1 fully saturated rings. The van der Waals surface area contributed by atoms with Crippen molar-refractivity contribution in [3.05, 3.63) is 28.0 Å². The molecule has 1 amide bonds. The molecule has 98 valence electrons. The normalized spacial score (nSPS) is 15.5. The molecule has 5 nitrogen and oxygen atoms in total. The molecule has 0 heterocycles. The zero-order chi connectivity index (χ0) is 13.5. The molecule has 0 radical (unpaired) electrons. The molecule has 1 aliphatic rings. The van der Waals surface area contributed by atoms with Gasteiger partial charge in [-0.15, -0.1) is 0 Å². The number of rotatable bonds is 3. The van der Waals surface area contributed by atoms with E-state index in [9.17, 15) is 17.6 Å². The lowest BCUT2D eigenvalue weighted by Crippen LogP contribution is -2.26. The van der Waals surface area contributed by atoms with E-state index in [4.69, 9.17) is 5.14 Å². The summed E-state index contributed by atoms with van der Waals surface area (Å²) in [5, 5.41) is 7.60. The monoisotopic (exact) mass is 336 g/mol. The van der Waals surface area contributed by atoms with Gasteiger partial charge in [0.15, 0.2) is 0 Å². The maximum Gasteiger partial charge on any atom is 0.252 e. The van der Waals surface area contributed by atoms with Crippen molar-refractivity contribution in [3.63, 3.8) is 0 Å². The van der Waals surface area contributed by atoms with Crippen molar-refractivity contribution >= 4 is 31.9 Å². The molecule has 0 unspecified atom stereocenters. The van der Waals surface area contributed by atoms with Crippen molar-refractivity contribution in [3.8, 4) is 0 Å². The Morgan fingerprint density at radius 1 is 1.44 bits per heavy atom. The van der Waals surface area contributed by atoms with Crippen molar-refractivity contribution < 1.29 is 17.6 Å². The fourth-order valence-electron chi connectivity index (χ4n) is 1.43. The summed E-state index contributed by atoms with van der Waals surface area (Å²) in [5.41, 5.74) is -0.0778. The molecule has 0 aliphatic heterocycles. The lowest BCUT2D eigenvalue weighted by Gasteiger charge is -2.09. The highest BCUT2D eigenvalue weighted by Crippen LogP contribution is 2.28. The minimum Gasteiger partial charge on any atom is -0.349 e. The van der Waals surface area contributed by atoms with Crippen molar-refractivity contribution in [2.45, 2.75) is 23.8 Å². The summed E-state index contributed by atoms with van der Waals surface area (Å²) in [6.45, 7) is 0. The second kappa shape index (κ2) is 4.60. The molecule has 0 bridgehead atoms. The predicted molar refractivity (Wildman–Crippen MR) is 66.0 cm³/mol. The summed E-state index contributed by atoms with van der Waals surface area (Å²) < 4.78 is 35.8. The van der Waals surface area contributed by atoms with Gasteiger partial charge in [-0.3, -0.25) is 4.79 Å². The van der Waals surface area contributed by atoms with Crippen LogP contribution in [0.5, 0.6) is 0 Å². The van der Waals surface area contributed by atoms with Crippen LogP contribution in [0.1, 0.15) is 23.2 Å². The van der Waals surface area contributed by atoms with Gasteiger partial charge in [0.05, 0.1) is 14.9 Å². The Bertz CT molecular complexity index is 614. The summed E-state index contributed by atoms with van der Waals surface area (Å²) >= 11 is 2.98. The number of carbonyl (C=O) groups is 1. The smallest absolute Gasteiger partial charge is 0.252 e. The van der Waals surface area contributed by atoms with E-state index in [0.717, 1.165) is 25.0 Å². The van der Waals surface area contributed by atoms with E-state index in [1.807, 2.05) is 0 Å². The maximum absolute atomic E-state index is 13.3. The van der Waals surface area contributed by atoms with Gasteiger partial charge in [-0.05, 0) is 40.9 Å². The number of nitrogens with two attached hydrogens (primary N) is 1. The van der Waals surface area contributed by atoms with Gasteiger partial charge in [-0.25, -0.2) is 17.9 Å². The van der Waals surface area contributed by atoms with Crippen molar-refractivity contribution in [1.29, 1.82) is 0 Å². The Morgan fingerprint density at radius 3 is 2.56 bits per heavy atom. The van der Waals surface area contributed by atoms with Crippen LogP contribution < -0.4 is 10.5 Å². The van der Waals surface area contributed by atoms with Gasteiger partial charge in [-0.1, -0.05) is 0 Å². The van der Waals surface area contributed by atoms with Crippen LogP contribution in [0.3, 0.4) is 0 Å². The number of benzene rings is 1. The minimum atomic E-state index is -4.09. The van der Waals surface area contributed by atoms with Crippen LogP contribution in [0.25, 0.3) is 0 Å². The fourth-order valence-corrected chi connectivity index (χ4v) is 3.15. The fraction of sp³-hybridized carbons (Fsp3) is 0.300. The Hall–Kier alpha value is -0.990. The summed E-state index contributed by atoms with van der Waals surface area (Å²) in [6, 6.07) is 1.83. The quantitative estimate of drug-likeness (QED) is 0.866. The molecule has 0 atom stereocenters. The van der Waals surface area contributed by atoms with Gasteiger partial charge in [-0.2, -0.15) is 0 Å². The van der Waals surface area contributed by atoms with Crippen LogP contribution in [0.2, 0.25) is 0 Å². The highest BCUT2D eigenvalue weighted by Gasteiger charge is 2.27. The van der Waals surface area contributed by atoms with Crippen LogP contribution in [0, 0.1) is 5.82 Å². The average molecular weight is 337 g/mol. The van der Waals surface area contributed by atoms with E-state index in [0.29, 0.717) is 0 Å². The second-order valence-electron chi connectivity index (χ2n) is 4.06. The lowest BCUT2D eigenvalue weighted by molar-refractivity contribution is 0.0949. The van der Waals surface area contributed by atoms with Gasteiger partial charge in [0.25, 0.3) is 5.91 Å². The summed E-state index contributed by atoms with van der Waals surface area (Å²) in [4.78, 5) is 11.4. The predicted octanol–water partition coefficient (Wildman–Crippen LogP) is 1.13. The molecule has 1 aliphatic carbocycles. The highest BCUT2D eigenvalue weighted by atomic mass is 79.9. The van der Waals surface area contributed by atoms with Gasteiger partial charge in [0.2, 0.25) is 10.0 Å². The number of primary sulfonamides is 1. The van der Waals surface area contributed by atoms with E-state index in [1.165, 1.54) is 0 Å². The molecule has 2 rings (SSSR count). The minimum absolute atomic E-state index is 0.0236. The Labute approximate surface area is 112 Å². The van der Waals surface area contributed by atoms with Crippen molar-refractivity contribution in [2.24, 2.45) is 5.14 Å². The average Bonchev–Trinajstić information content (AvgIpc) is 3.03. The van der Waals surface area contributed by atoms with Gasteiger partial charge >= 0.3 is 0 Å². The molecule has 18 heavy (non-hydrogen) atoms. The van der Waals surface area contributed by atoms with E-state index >= 15 is 0 Å². The van der Waals surface area contributed by atoms with Gasteiger partial charge < -0.3 is 5.32 Å². The third-order valence-electron chi connectivity index (χ3n) is 2.47. The molecular weight excluding hydrogens is 327 g/mol. The standard InChI is InChI=1S/C10H10BrFN2O3S/c11-9-7(10(15)14-6-1-2-6)3-5(12)4-8(9)18(13,16)17/h3-4,6H,1-2H2,(H,14,15)(H2,13,16,17). The molecule has 0 aromatic heterocycles. The Morgan fingerprint density at radius 2 is 2.06 bits per heavy atom. The first-order chi connectivity index (χ1) is 8.29. The molecular formula is C10H10BrFN2O3S. The van der Waals surface area contributed by atoms with E-state index < -0.39 is 26.6 Å². The second-order valence-corrected chi connectivity index (χ2v) is 6.38. The Kier molecular flexibility index (Phi) is 3.43. The zero-order valence-corrected chi connectivity index (χ0v) is 11.5. The number of halogens is 2. The Balaban J connectivity index is 2.47. The maximum atomic E-state index is 13.3. The van der Waals surface area contributed by atoms with Crippen LogP contribution >= 0.6 is 15.9 Å². The summed E-state index contributed by atoms with van der Waals surface area (Å²) in [5.74, 6) is -1.35. The first kappa shape index (κ1) is 13.4.